The normalized spacial score (nSPS) is 13.0. The standard InChI is InChI=1S/C22H21FN2O3/c1-15(17-5-3-7-19(23)13-17)24-22(16-9-11-21(28-2)12-10-16)18-6-4-8-20(14-18)25(26)27/h3-15,22,24H,1-2H3/t15-,22?/m1/s1. The monoisotopic (exact) mass is 380 g/mol. The molecule has 0 aliphatic heterocycles. The SMILES string of the molecule is COc1ccc(C(N[C@H](C)c2cccc(F)c2)c2cccc([N+](=O)[O-])c2)cc1. The van der Waals surface area contributed by atoms with Crippen molar-refractivity contribution < 1.29 is 14.1 Å². The van der Waals surface area contributed by atoms with E-state index in [0.717, 1.165) is 22.4 Å². The molecule has 28 heavy (non-hydrogen) atoms. The summed E-state index contributed by atoms with van der Waals surface area (Å²) in [5.74, 6) is 0.419. The lowest BCUT2D eigenvalue weighted by atomic mass is 9.96. The largest absolute Gasteiger partial charge is 0.497 e. The van der Waals surface area contributed by atoms with Crippen LogP contribution in [0.2, 0.25) is 0 Å². The van der Waals surface area contributed by atoms with Crippen LogP contribution in [0, 0.1) is 15.9 Å². The number of non-ortho nitro benzene ring substituents is 1. The van der Waals surface area contributed by atoms with Crippen molar-refractivity contribution in [1.29, 1.82) is 0 Å². The topological polar surface area (TPSA) is 64.4 Å². The van der Waals surface area contributed by atoms with E-state index in [4.69, 9.17) is 4.74 Å². The average molecular weight is 380 g/mol. The molecule has 0 amide bonds. The summed E-state index contributed by atoms with van der Waals surface area (Å²) in [6, 6.07) is 19.9. The highest BCUT2D eigenvalue weighted by Crippen LogP contribution is 2.29. The van der Waals surface area contributed by atoms with Crippen LogP contribution in [0.1, 0.15) is 35.7 Å². The smallest absolute Gasteiger partial charge is 0.269 e. The zero-order chi connectivity index (χ0) is 20.1. The summed E-state index contributed by atoms with van der Waals surface area (Å²) in [7, 11) is 1.59. The number of nitro groups is 1. The Morgan fingerprint density at radius 1 is 0.964 bits per heavy atom. The summed E-state index contributed by atoms with van der Waals surface area (Å²) in [6.07, 6.45) is 0. The molecule has 0 aliphatic rings. The number of ether oxygens (including phenoxy) is 1. The molecule has 0 spiro atoms. The number of rotatable bonds is 7. The Hall–Kier alpha value is -3.25. The fraction of sp³-hybridized carbons (Fsp3) is 0.182. The first-order valence-electron chi connectivity index (χ1n) is 8.87. The molecule has 1 N–H and O–H groups in total. The maximum absolute atomic E-state index is 13.6. The zero-order valence-corrected chi connectivity index (χ0v) is 15.6. The van der Waals surface area contributed by atoms with Crippen molar-refractivity contribution in [2.24, 2.45) is 0 Å². The first-order chi connectivity index (χ1) is 13.5. The molecule has 3 aromatic carbocycles. The van der Waals surface area contributed by atoms with Gasteiger partial charge in [-0.05, 0) is 47.9 Å². The highest BCUT2D eigenvalue weighted by molar-refractivity contribution is 5.41. The molecule has 0 fully saturated rings. The van der Waals surface area contributed by atoms with Gasteiger partial charge in [0.1, 0.15) is 11.6 Å². The van der Waals surface area contributed by atoms with Gasteiger partial charge in [-0.3, -0.25) is 15.4 Å². The number of benzene rings is 3. The molecule has 3 rings (SSSR count). The van der Waals surface area contributed by atoms with Gasteiger partial charge < -0.3 is 4.74 Å². The third-order valence-electron chi connectivity index (χ3n) is 4.63. The van der Waals surface area contributed by atoms with Gasteiger partial charge >= 0.3 is 0 Å². The van der Waals surface area contributed by atoms with Crippen LogP contribution in [0.4, 0.5) is 10.1 Å². The fourth-order valence-corrected chi connectivity index (χ4v) is 3.12. The van der Waals surface area contributed by atoms with Crippen LogP contribution < -0.4 is 10.1 Å². The molecule has 0 aromatic heterocycles. The zero-order valence-electron chi connectivity index (χ0n) is 15.6. The van der Waals surface area contributed by atoms with E-state index in [1.807, 2.05) is 43.3 Å². The number of halogens is 1. The number of hydrogen-bond acceptors (Lipinski definition) is 4. The van der Waals surface area contributed by atoms with Crippen molar-refractivity contribution in [3.63, 3.8) is 0 Å². The molecule has 0 heterocycles. The van der Waals surface area contributed by atoms with Gasteiger partial charge in [-0.15, -0.1) is 0 Å². The molecule has 2 atom stereocenters. The predicted molar refractivity (Wildman–Crippen MR) is 106 cm³/mol. The van der Waals surface area contributed by atoms with Crippen LogP contribution >= 0.6 is 0 Å². The van der Waals surface area contributed by atoms with Gasteiger partial charge in [0.25, 0.3) is 5.69 Å². The van der Waals surface area contributed by atoms with Crippen molar-refractivity contribution >= 4 is 5.69 Å². The Morgan fingerprint density at radius 3 is 2.29 bits per heavy atom. The van der Waals surface area contributed by atoms with E-state index in [9.17, 15) is 14.5 Å². The molecular weight excluding hydrogens is 359 g/mol. The van der Waals surface area contributed by atoms with Crippen molar-refractivity contribution in [2.75, 3.05) is 7.11 Å². The van der Waals surface area contributed by atoms with Crippen LogP contribution in [-0.4, -0.2) is 12.0 Å². The Labute approximate surface area is 162 Å². The Kier molecular flexibility index (Phi) is 6.01. The molecule has 0 radical (unpaired) electrons. The molecule has 0 bridgehead atoms. The first-order valence-corrected chi connectivity index (χ1v) is 8.87. The van der Waals surface area contributed by atoms with E-state index in [1.165, 1.54) is 18.2 Å². The molecule has 0 aliphatic carbocycles. The van der Waals surface area contributed by atoms with Gasteiger partial charge in [0.15, 0.2) is 0 Å². The third kappa shape index (κ3) is 4.53. The van der Waals surface area contributed by atoms with Gasteiger partial charge in [-0.2, -0.15) is 0 Å². The van der Waals surface area contributed by atoms with Crippen molar-refractivity contribution in [3.05, 3.63) is 105 Å². The molecule has 1 unspecified atom stereocenters. The molecule has 6 heteroatoms. The summed E-state index contributed by atoms with van der Waals surface area (Å²) in [6.45, 7) is 1.93. The van der Waals surface area contributed by atoms with Gasteiger partial charge in [0.05, 0.1) is 18.1 Å². The summed E-state index contributed by atoms with van der Waals surface area (Å²) in [5, 5.41) is 14.7. The molecule has 0 saturated carbocycles. The van der Waals surface area contributed by atoms with Gasteiger partial charge in [-0.1, -0.05) is 36.4 Å². The average Bonchev–Trinajstić information content (AvgIpc) is 2.72. The summed E-state index contributed by atoms with van der Waals surface area (Å²) < 4.78 is 18.8. The lowest BCUT2D eigenvalue weighted by Gasteiger charge is -2.25. The van der Waals surface area contributed by atoms with Gasteiger partial charge in [0, 0.05) is 18.2 Å². The summed E-state index contributed by atoms with van der Waals surface area (Å²) in [4.78, 5) is 10.8. The lowest BCUT2D eigenvalue weighted by molar-refractivity contribution is -0.384. The third-order valence-corrected chi connectivity index (χ3v) is 4.63. The number of methoxy groups -OCH3 is 1. The van der Waals surface area contributed by atoms with E-state index in [0.29, 0.717) is 0 Å². The Morgan fingerprint density at radius 2 is 1.64 bits per heavy atom. The number of nitrogens with one attached hydrogen (secondary N) is 1. The van der Waals surface area contributed by atoms with Crippen LogP contribution in [-0.2, 0) is 0 Å². The van der Waals surface area contributed by atoms with E-state index in [-0.39, 0.29) is 23.6 Å². The van der Waals surface area contributed by atoms with E-state index < -0.39 is 4.92 Å². The summed E-state index contributed by atoms with van der Waals surface area (Å²) in [5.41, 5.74) is 2.49. The second kappa shape index (κ2) is 8.63. The van der Waals surface area contributed by atoms with Gasteiger partial charge in [-0.25, -0.2) is 4.39 Å². The number of nitro benzene ring substituents is 1. The Balaban J connectivity index is 1.98. The predicted octanol–water partition coefficient (Wildman–Crippen LogP) is 5.18. The second-order valence-corrected chi connectivity index (χ2v) is 6.50. The maximum atomic E-state index is 13.6. The molecule has 144 valence electrons. The van der Waals surface area contributed by atoms with Gasteiger partial charge in [0.2, 0.25) is 0 Å². The second-order valence-electron chi connectivity index (χ2n) is 6.50. The number of hydrogen-bond donors (Lipinski definition) is 1. The highest BCUT2D eigenvalue weighted by atomic mass is 19.1. The quantitative estimate of drug-likeness (QED) is 0.453. The highest BCUT2D eigenvalue weighted by Gasteiger charge is 2.20. The van der Waals surface area contributed by atoms with E-state index >= 15 is 0 Å². The summed E-state index contributed by atoms with van der Waals surface area (Å²) >= 11 is 0. The maximum Gasteiger partial charge on any atom is 0.269 e. The van der Waals surface area contributed by atoms with E-state index in [2.05, 4.69) is 5.32 Å². The minimum Gasteiger partial charge on any atom is -0.497 e. The lowest BCUT2D eigenvalue weighted by Crippen LogP contribution is -2.25. The molecule has 0 saturated heterocycles. The first kappa shape index (κ1) is 19.5. The van der Waals surface area contributed by atoms with Crippen LogP contribution in [0.3, 0.4) is 0 Å². The fourth-order valence-electron chi connectivity index (χ4n) is 3.12. The van der Waals surface area contributed by atoms with Crippen molar-refractivity contribution in [3.8, 4) is 5.75 Å². The van der Waals surface area contributed by atoms with E-state index in [1.54, 1.807) is 25.3 Å². The van der Waals surface area contributed by atoms with Crippen LogP contribution in [0.5, 0.6) is 5.75 Å². The minimum absolute atomic E-state index is 0.0243. The Bertz CT molecular complexity index is 960. The van der Waals surface area contributed by atoms with Crippen LogP contribution in [0.25, 0.3) is 0 Å². The van der Waals surface area contributed by atoms with Crippen molar-refractivity contribution in [1.82, 2.24) is 5.32 Å². The molecule has 5 nitrogen and oxygen atoms in total. The van der Waals surface area contributed by atoms with Crippen LogP contribution in [0.15, 0.2) is 72.8 Å². The molecular formula is C22H21FN2O3. The molecule has 3 aromatic rings. The van der Waals surface area contributed by atoms with Crippen molar-refractivity contribution in [2.45, 2.75) is 19.0 Å². The minimum atomic E-state index is -0.412. The number of nitrogens with zero attached hydrogens (tertiary/aromatic N) is 1.